The summed E-state index contributed by atoms with van der Waals surface area (Å²) >= 11 is 5.87. The zero-order valence-corrected chi connectivity index (χ0v) is 21.1. The molecule has 0 spiro atoms. The number of hydrogen-bond acceptors (Lipinski definition) is 9. The Bertz CT molecular complexity index is 1210. The van der Waals surface area contributed by atoms with Crippen molar-refractivity contribution in [2.24, 2.45) is 5.92 Å². The van der Waals surface area contributed by atoms with Crippen LogP contribution in [0.25, 0.3) is 0 Å². The van der Waals surface area contributed by atoms with Gasteiger partial charge in [0.2, 0.25) is 5.95 Å². The third kappa shape index (κ3) is 5.28. The lowest BCUT2D eigenvalue weighted by molar-refractivity contribution is 0.219. The molecule has 9 nitrogen and oxygen atoms in total. The highest BCUT2D eigenvalue weighted by molar-refractivity contribution is 6.30. The van der Waals surface area contributed by atoms with Crippen LogP contribution >= 0.6 is 11.6 Å². The minimum absolute atomic E-state index is 0.243. The van der Waals surface area contributed by atoms with Gasteiger partial charge in [0.25, 0.3) is 0 Å². The molecule has 1 N–H and O–H groups in total. The van der Waals surface area contributed by atoms with Crippen LogP contribution in [0.5, 0.6) is 5.75 Å². The molecule has 2 fully saturated rings. The first-order valence-electron chi connectivity index (χ1n) is 12.2. The first-order valence-corrected chi connectivity index (χ1v) is 12.6. The molecule has 2 saturated heterocycles. The Kier molecular flexibility index (Phi) is 7.04. The van der Waals surface area contributed by atoms with Crippen molar-refractivity contribution in [3.63, 3.8) is 0 Å². The van der Waals surface area contributed by atoms with Gasteiger partial charge in [0, 0.05) is 42.2 Å². The average Bonchev–Trinajstić information content (AvgIpc) is 3.51. The van der Waals surface area contributed by atoms with Crippen molar-refractivity contribution in [3.05, 3.63) is 52.8 Å². The van der Waals surface area contributed by atoms with Crippen molar-refractivity contribution >= 4 is 29.3 Å². The van der Waals surface area contributed by atoms with Gasteiger partial charge >= 0.3 is 6.01 Å². The molecule has 0 saturated carbocycles. The Labute approximate surface area is 214 Å². The second kappa shape index (κ2) is 10.4. The molecule has 2 aliphatic rings. The summed E-state index contributed by atoms with van der Waals surface area (Å²) in [5.74, 6) is 1.75. The van der Waals surface area contributed by atoms with Crippen LogP contribution in [0.3, 0.4) is 0 Å². The van der Waals surface area contributed by atoms with Crippen molar-refractivity contribution < 1.29 is 13.7 Å². The summed E-state index contributed by atoms with van der Waals surface area (Å²) in [6.45, 7) is 7.16. The van der Waals surface area contributed by atoms with Crippen LogP contribution in [0.2, 0.25) is 5.02 Å². The summed E-state index contributed by atoms with van der Waals surface area (Å²) in [5, 5.41) is 12.7. The monoisotopic (exact) mass is 513 g/mol. The van der Waals surface area contributed by atoms with Gasteiger partial charge in [0.05, 0.1) is 25.5 Å². The van der Waals surface area contributed by atoms with E-state index in [9.17, 15) is 4.39 Å². The predicted octanol–water partition coefficient (Wildman–Crippen LogP) is 4.69. The topological polar surface area (TPSA) is 104 Å². The van der Waals surface area contributed by atoms with Gasteiger partial charge in [-0.3, -0.25) is 0 Å². The third-order valence-electron chi connectivity index (χ3n) is 6.74. The van der Waals surface area contributed by atoms with Crippen LogP contribution in [-0.2, 0) is 0 Å². The standard InChI is InChI=1S/C25H29ClFN7O2/c1-15(2)23-31-25(36-32-23)33-7-5-16(6-8-33)14-35-18-10-29-24(30-11-18)34-12-20(22(28)13-34)19-4-3-17(26)9-21(19)27/h3-4,9-11,15-16,20,28H,5-8,12-14H2,1-2H3. The Hall–Kier alpha value is -3.27. The zero-order chi connectivity index (χ0) is 25.2. The Balaban J connectivity index is 1.11. The Morgan fingerprint density at radius 2 is 1.94 bits per heavy atom. The molecule has 0 aliphatic carbocycles. The number of nitrogens with one attached hydrogen (secondary N) is 1. The number of aromatic nitrogens is 4. The minimum Gasteiger partial charge on any atom is -0.490 e. The number of ether oxygens (including phenoxy) is 1. The fourth-order valence-electron chi connectivity index (χ4n) is 4.58. The molecular formula is C25H29ClFN7O2. The quantitative estimate of drug-likeness (QED) is 0.485. The molecule has 36 heavy (non-hydrogen) atoms. The van der Waals surface area contributed by atoms with Gasteiger partial charge in [-0.25, -0.2) is 14.4 Å². The lowest BCUT2D eigenvalue weighted by atomic mass is 9.96. The molecule has 0 radical (unpaired) electrons. The highest BCUT2D eigenvalue weighted by atomic mass is 35.5. The molecule has 1 aromatic carbocycles. The lowest BCUT2D eigenvalue weighted by Gasteiger charge is -2.30. The van der Waals surface area contributed by atoms with Crippen LogP contribution in [0.4, 0.5) is 16.4 Å². The maximum atomic E-state index is 14.4. The van der Waals surface area contributed by atoms with Gasteiger partial charge in [-0.15, -0.1) is 0 Å². The molecule has 5 rings (SSSR count). The molecule has 4 heterocycles. The molecule has 0 amide bonds. The summed E-state index contributed by atoms with van der Waals surface area (Å²) in [7, 11) is 0. The van der Waals surface area contributed by atoms with Gasteiger partial charge in [0.15, 0.2) is 11.6 Å². The molecule has 3 aromatic rings. The fraction of sp³-hybridized carbons (Fsp3) is 0.480. The predicted molar refractivity (Wildman–Crippen MR) is 135 cm³/mol. The molecule has 1 atom stereocenters. The van der Waals surface area contributed by atoms with E-state index in [1.807, 2.05) is 18.7 Å². The van der Waals surface area contributed by atoms with Gasteiger partial charge in [-0.1, -0.05) is 36.7 Å². The largest absolute Gasteiger partial charge is 0.490 e. The second-order valence-corrected chi connectivity index (χ2v) is 10.1. The Morgan fingerprint density at radius 1 is 1.19 bits per heavy atom. The number of nitrogens with zero attached hydrogens (tertiary/aromatic N) is 6. The van der Waals surface area contributed by atoms with E-state index in [4.69, 9.17) is 26.3 Å². The van der Waals surface area contributed by atoms with E-state index >= 15 is 0 Å². The van der Waals surface area contributed by atoms with Crippen LogP contribution < -0.4 is 14.5 Å². The van der Waals surface area contributed by atoms with E-state index in [0.717, 1.165) is 31.8 Å². The van der Waals surface area contributed by atoms with Crippen molar-refractivity contribution in [1.29, 1.82) is 5.41 Å². The van der Waals surface area contributed by atoms with Crippen molar-refractivity contribution in [2.75, 3.05) is 42.6 Å². The van der Waals surface area contributed by atoms with Gasteiger partial charge in [-0.05, 0) is 36.5 Å². The number of hydrogen-bond donors (Lipinski definition) is 1. The van der Waals surface area contributed by atoms with E-state index in [1.165, 1.54) is 6.07 Å². The minimum atomic E-state index is -0.396. The number of benzene rings is 1. The van der Waals surface area contributed by atoms with Crippen molar-refractivity contribution in [1.82, 2.24) is 20.1 Å². The van der Waals surface area contributed by atoms with Crippen molar-refractivity contribution in [2.45, 2.75) is 38.5 Å². The van der Waals surface area contributed by atoms with Gasteiger partial charge < -0.3 is 24.5 Å². The summed E-state index contributed by atoms with van der Waals surface area (Å²) in [6.07, 6.45) is 5.25. The summed E-state index contributed by atoms with van der Waals surface area (Å²) < 4.78 is 25.7. The number of piperidine rings is 1. The summed E-state index contributed by atoms with van der Waals surface area (Å²) in [6, 6.07) is 5.18. The number of rotatable bonds is 7. The van der Waals surface area contributed by atoms with Crippen LogP contribution in [-0.4, -0.2) is 58.6 Å². The molecule has 2 aliphatic heterocycles. The van der Waals surface area contributed by atoms with E-state index in [-0.39, 0.29) is 11.8 Å². The molecule has 0 bridgehead atoms. The maximum Gasteiger partial charge on any atom is 0.324 e. The molecular weight excluding hydrogens is 485 g/mol. The normalized spacial score (nSPS) is 18.9. The number of halogens is 2. The van der Waals surface area contributed by atoms with Crippen LogP contribution in [0.1, 0.15) is 49.9 Å². The lowest BCUT2D eigenvalue weighted by Crippen LogP contribution is -2.35. The van der Waals surface area contributed by atoms with E-state index < -0.39 is 5.82 Å². The summed E-state index contributed by atoms with van der Waals surface area (Å²) in [5.41, 5.74) is 0.893. The van der Waals surface area contributed by atoms with E-state index in [0.29, 0.717) is 59.6 Å². The molecule has 11 heteroatoms. The van der Waals surface area contributed by atoms with Crippen LogP contribution in [0, 0.1) is 17.1 Å². The van der Waals surface area contributed by atoms with Gasteiger partial charge in [-0.2, -0.15) is 4.98 Å². The van der Waals surface area contributed by atoms with E-state index in [2.05, 4.69) is 25.0 Å². The SMILES string of the molecule is CC(C)c1noc(N2CCC(COc3cnc(N4CC(=N)C(c5ccc(Cl)cc5F)C4)nc3)CC2)n1. The van der Waals surface area contributed by atoms with E-state index in [1.54, 1.807) is 24.5 Å². The first-order chi connectivity index (χ1) is 17.4. The summed E-state index contributed by atoms with van der Waals surface area (Å²) in [4.78, 5) is 17.4. The third-order valence-corrected chi connectivity index (χ3v) is 6.97. The molecule has 2 aromatic heterocycles. The smallest absolute Gasteiger partial charge is 0.324 e. The second-order valence-electron chi connectivity index (χ2n) is 9.67. The zero-order valence-electron chi connectivity index (χ0n) is 20.3. The van der Waals surface area contributed by atoms with Crippen molar-refractivity contribution in [3.8, 4) is 5.75 Å². The fourth-order valence-corrected chi connectivity index (χ4v) is 4.73. The Morgan fingerprint density at radius 3 is 2.61 bits per heavy atom. The highest BCUT2D eigenvalue weighted by Gasteiger charge is 2.32. The molecule has 1 unspecified atom stereocenters. The number of anilines is 2. The van der Waals surface area contributed by atoms with Crippen LogP contribution in [0.15, 0.2) is 35.1 Å². The van der Waals surface area contributed by atoms with Gasteiger partial charge in [0.1, 0.15) is 5.82 Å². The maximum absolute atomic E-state index is 14.4. The first kappa shape index (κ1) is 24.4. The highest BCUT2D eigenvalue weighted by Crippen LogP contribution is 2.30. The average molecular weight is 514 g/mol. The molecule has 190 valence electrons.